The number of carbonyl (C=O) groups is 1. The van der Waals surface area contributed by atoms with E-state index < -0.39 is 5.54 Å². The molecule has 104 valence electrons. The Morgan fingerprint density at radius 3 is 2.42 bits per heavy atom. The highest BCUT2D eigenvalue weighted by Crippen LogP contribution is 2.44. The summed E-state index contributed by atoms with van der Waals surface area (Å²) in [7, 11) is 0. The highest BCUT2D eigenvalue weighted by atomic mass is 16.3. The van der Waals surface area contributed by atoms with Crippen LogP contribution >= 0.6 is 0 Å². The van der Waals surface area contributed by atoms with Gasteiger partial charge in [-0.15, -0.1) is 0 Å². The summed E-state index contributed by atoms with van der Waals surface area (Å²) in [5.74, 6) is 0.0587. The van der Waals surface area contributed by atoms with E-state index in [-0.39, 0.29) is 17.9 Å². The van der Waals surface area contributed by atoms with Crippen LogP contribution in [-0.4, -0.2) is 23.2 Å². The summed E-state index contributed by atoms with van der Waals surface area (Å²) in [5, 5.41) is 12.5. The number of hydrogen-bond acceptors (Lipinski definition) is 2. The highest BCUT2D eigenvalue weighted by Gasteiger charge is 2.46. The molecule has 0 aromatic heterocycles. The zero-order valence-electron chi connectivity index (χ0n) is 11.8. The molecular formula is C16H23NO2. The SMILES string of the molecule is CCC(C)(CO)NC(=O)C1(c2ccccc2)CCC1. The third kappa shape index (κ3) is 2.52. The topological polar surface area (TPSA) is 49.3 Å². The predicted molar refractivity (Wildman–Crippen MR) is 75.9 cm³/mol. The van der Waals surface area contributed by atoms with Gasteiger partial charge in [0.15, 0.2) is 0 Å². The summed E-state index contributed by atoms with van der Waals surface area (Å²) in [6, 6.07) is 9.99. The summed E-state index contributed by atoms with van der Waals surface area (Å²) < 4.78 is 0. The van der Waals surface area contributed by atoms with Gasteiger partial charge in [0.05, 0.1) is 17.6 Å². The molecule has 3 heteroatoms. The van der Waals surface area contributed by atoms with Crippen molar-refractivity contribution < 1.29 is 9.90 Å². The monoisotopic (exact) mass is 261 g/mol. The molecule has 0 aliphatic heterocycles. The molecule has 3 nitrogen and oxygen atoms in total. The van der Waals surface area contributed by atoms with E-state index in [0.29, 0.717) is 0 Å². The summed E-state index contributed by atoms with van der Waals surface area (Å²) in [6.07, 6.45) is 3.60. The van der Waals surface area contributed by atoms with Crippen molar-refractivity contribution in [1.82, 2.24) is 5.32 Å². The Hall–Kier alpha value is -1.35. The molecular weight excluding hydrogens is 238 g/mol. The van der Waals surface area contributed by atoms with Crippen LogP contribution in [0.1, 0.15) is 45.1 Å². The van der Waals surface area contributed by atoms with E-state index in [1.54, 1.807) is 0 Å². The lowest BCUT2D eigenvalue weighted by molar-refractivity contribution is -0.132. The van der Waals surface area contributed by atoms with E-state index in [4.69, 9.17) is 0 Å². The average molecular weight is 261 g/mol. The molecule has 0 bridgehead atoms. The number of rotatable bonds is 5. The minimum absolute atomic E-state index is 0.0277. The maximum absolute atomic E-state index is 12.7. The lowest BCUT2D eigenvalue weighted by atomic mass is 9.63. The quantitative estimate of drug-likeness (QED) is 0.855. The molecule has 0 saturated heterocycles. The zero-order chi connectivity index (χ0) is 13.9. The van der Waals surface area contributed by atoms with Gasteiger partial charge in [-0.2, -0.15) is 0 Å². The van der Waals surface area contributed by atoms with Crippen LogP contribution in [0.25, 0.3) is 0 Å². The van der Waals surface area contributed by atoms with Gasteiger partial charge in [0, 0.05) is 0 Å². The summed E-state index contributed by atoms with van der Waals surface area (Å²) in [6.45, 7) is 3.84. The lowest BCUT2D eigenvalue weighted by Crippen LogP contribution is -2.57. The minimum atomic E-state index is -0.519. The molecule has 1 saturated carbocycles. The first kappa shape index (κ1) is 14.1. The van der Waals surface area contributed by atoms with E-state index in [9.17, 15) is 9.90 Å². The van der Waals surface area contributed by atoms with Gasteiger partial charge in [0.25, 0.3) is 0 Å². The van der Waals surface area contributed by atoms with Crippen molar-refractivity contribution in [2.45, 2.75) is 50.5 Å². The van der Waals surface area contributed by atoms with Crippen molar-refractivity contribution in [2.24, 2.45) is 0 Å². The molecule has 19 heavy (non-hydrogen) atoms. The lowest BCUT2D eigenvalue weighted by Gasteiger charge is -2.43. The van der Waals surface area contributed by atoms with Crippen LogP contribution in [0.5, 0.6) is 0 Å². The average Bonchev–Trinajstić information content (AvgIpc) is 2.38. The first-order valence-corrected chi connectivity index (χ1v) is 7.05. The van der Waals surface area contributed by atoms with Gasteiger partial charge in [-0.05, 0) is 31.7 Å². The number of amides is 1. The summed E-state index contributed by atoms with van der Waals surface area (Å²) in [5.41, 5.74) is 0.191. The second-order valence-electron chi connectivity index (χ2n) is 5.83. The fourth-order valence-electron chi connectivity index (χ4n) is 2.57. The van der Waals surface area contributed by atoms with E-state index in [0.717, 1.165) is 31.2 Å². The van der Waals surface area contributed by atoms with Crippen molar-refractivity contribution in [2.75, 3.05) is 6.61 Å². The summed E-state index contributed by atoms with van der Waals surface area (Å²) >= 11 is 0. The Morgan fingerprint density at radius 2 is 2.00 bits per heavy atom. The van der Waals surface area contributed by atoms with Crippen molar-refractivity contribution in [1.29, 1.82) is 0 Å². The molecule has 1 aromatic rings. The molecule has 2 N–H and O–H groups in total. The van der Waals surface area contributed by atoms with Crippen LogP contribution in [0, 0.1) is 0 Å². The predicted octanol–water partition coefficient (Wildman–Crippen LogP) is 2.39. The maximum atomic E-state index is 12.7. The second kappa shape index (κ2) is 5.33. The van der Waals surface area contributed by atoms with E-state index >= 15 is 0 Å². The van der Waals surface area contributed by atoms with Crippen LogP contribution in [0.15, 0.2) is 30.3 Å². The number of aliphatic hydroxyl groups excluding tert-OH is 1. The van der Waals surface area contributed by atoms with Gasteiger partial charge in [-0.3, -0.25) is 4.79 Å². The Bertz CT molecular complexity index is 433. The molecule has 1 aromatic carbocycles. The van der Waals surface area contributed by atoms with Gasteiger partial charge in [0.2, 0.25) is 5.91 Å². The highest BCUT2D eigenvalue weighted by molar-refractivity contribution is 5.89. The molecule has 0 heterocycles. The van der Waals surface area contributed by atoms with Gasteiger partial charge < -0.3 is 10.4 Å². The number of nitrogens with one attached hydrogen (secondary N) is 1. The normalized spacial score (nSPS) is 20.2. The van der Waals surface area contributed by atoms with Crippen molar-refractivity contribution in [3.05, 3.63) is 35.9 Å². The third-order valence-electron chi connectivity index (χ3n) is 4.51. The first-order chi connectivity index (χ1) is 9.06. The fourth-order valence-corrected chi connectivity index (χ4v) is 2.57. The van der Waals surface area contributed by atoms with Crippen LogP contribution in [-0.2, 0) is 10.2 Å². The minimum Gasteiger partial charge on any atom is -0.394 e. The molecule has 1 amide bonds. The van der Waals surface area contributed by atoms with Gasteiger partial charge in [-0.1, -0.05) is 43.7 Å². The Kier molecular flexibility index (Phi) is 3.95. The second-order valence-corrected chi connectivity index (χ2v) is 5.83. The molecule has 1 fully saturated rings. The molecule has 2 rings (SSSR count). The maximum Gasteiger partial charge on any atom is 0.231 e. The first-order valence-electron chi connectivity index (χ1n) is 7.05. The van der Waals surface area contributed by atoms with Crippen LogP contribution in [0.4, 0.5) is 0 Å². The van der Waals surface area contributed by atoms with Crippen LogP contribution in [0.2, 0.25) is 0 Å². The molecule has 1 unspecified atom stereocenters. The van der Waals surface area contributed by atoms with Gasteiger partial charge in [0.1, 0.15) is 0 Å². The van der Waals surface area contributed by atoms with Crippen LogP contribution < -0.4 is 5.32 Å². The van der Waals surface area contributed by atoms with Gasteiger partial charge in [-0.25, -0.2) is 0 Å². The Labute approximate surface area is 115 Å². The molecule has 0 spiro atoms. The van der Waals surface area contributed by atoms with Gasteiger partial charge >= 0.3 is 0 Å². The fraction of sp³-hybridized carbons (Fsp3) is 0.562. The molecule has 1 aliphatic carbocycles. The van der Waals surface area contributed by atoms with Crippen LogP contribution in [0.3, 0.4) is 0 Å². The van der Waals surface area contributed by atoms with Crippen molar-refractivity contribution in [3.8, 4) is 0 Å². The summed E-state index contributed by atoms with van der Waals surface area (Å²) in [4.78, 5) is 12.7. The van der Waals surface area contributed by atoms with Crippen molar-refractivity contribution >= 4 is 5.91 Å². The number of aliphatic hydroxyl groups is 1. The third-order valence-corrected chi connectivity index (χ3v) is 4.51. The number of carbonyl (C=O) groups excluding carboxylic acids is 1. The molecule has 1 aliphatic rings. The largest absolute Gasteiger partial charge is 0.394 e. The standard InChI is InChI=1S/C16H23NO2/c1-3-15(2,12-18)17-14(19)16(10-7-11-16)13-8-5-4-6-9-13/h4-6,8-9,18H,3,7,10-12H2,1-2H3,(H,17,19). The molecule has 0 radical (unpaired) electrons. The number of hydrogen-bond donors (Lipinski definition) is 2. The van der Waals surface area contributed by atoms with E-state index in [1.807, 2.05) is 44.2 Å². The Morgan fingerprint density at radius 1 is 1.37 bits per heavy atom. The van der Waals surface area contributed by atoms with Crippen molar-refractivity contribution in [3.63, 3.8) is 0 Å². The molecule has 1 atom stereocenters. The zero-order valence-corrected chi connectivity index (χ0v) is 11.8. The Balaban J connectivity index is 2.21. The van der Waals surface area contributed by atoms with E-state index in [2.05, 4.69) is 5.32 Å². The van der Waals surface area contributed by atoms with E-state index in [1.165, 1.54) is 0 Å². The number of benzene rings is 1. The smallest absolute Gasteiger partial charge is 0.231 e.